The lowest BCUT2D eigenvalue weighted by atomic mass is 10.1. The number of rotatable bonds is 5. The van der Waals surface area contributed by atoms with Crippen molar-refractivity contribution in [2.45, 2.75) is 30.9 Å². The van der Waals surface area contributed by atoms with Crippen LogP contribution in [0, 0.1) is 20.8 Å². The molecule has 4 aromatic rings. The van der Waals surface area contributed by atoms with Crippen molar-refractivity contribution in [2.24, 2.45) is 0 Å². The Hall–Kier alpha value is -2.57. The number of carbonyl (C=O) groups is 1. The van der Waals surface area contributed by atoms with Crippen LogP contribution in [0.3, 0.4) is 0 Å². The average Bonchev–Trinajstić information content (AvgIpc) is 3.26. The molecule has 142 valence electrons. The predicted octanol–water partition coefficient (Wildman–Crippen LogP) is 6.36. The Bertz CT molecular complexity index is 1140. The first kappa shape index (κ1) is 18.8. The summed E-state index contributed by atoms with van der Waals surface area (Å²) in [5, 5.41) is 6.04. The maximum atomic E-state index is 13.1. The second-order valence-corrected chi connectivity index (χ2v) is 8.75. The standard InChI is InChI=1S/C22H20N2O2S2/c1-13-7-6-8-14(2)19(13)24-21(25)20-17(12-28-22-23-15(3)11-27-22)16-9-4-5-10-18(16)26-20/h4-11H,12H2,1-3H3,(H,24,25). The number of thiazole rings is 1. The molecule has 1 amide bonds. The molecule has 0 saturated heterocycles. The topological polar surface area (TPSA) is 55.1 Å². The lowest BCUT2D eigenvalue weighted by Crippen LogP contribution is -2.14. The van der Waals surface area contributed by atoms with Crippen molar-refractivity contribution >= 4 is 45.7 Å². The van der Waals surface area contributed by atoms with E-state index in [0.29, 0.717) is 11.5 Å². The second kappa shape index (κ2) is 7.81. The molecule has 0 bridgehead atoms. The molecule has 0 unspecified atom stereocenters. The third-order valence-corrected chi connectivity index (χ3v) is 6.73. The van der Waals surface area contributed by atoms with Gasteiger partial charge < -0.3 is 9.73 Å². The van der Waals surface area contributed by atoms with Crippen LogP contribution >= 0.6 is 23.1 Å². The Morgan fingerprint density at radius 1 is 1.11 bits per heavy atom. The van der Waals surface area contributed by atoms with E-state index < -0.39 is 0 Å². The molecule has 0 aliphatic carbocycles. The molecule has 0 fully saturated rings. The highest BCUT2D eigenvalue weighted by Gasteiger charge is 2.22. The van der Waals surface area contributed by atoms with Crippen molar-refractivity contribution < 1.29 is 9.21 Å². The Morgan fingerprint density at radius 3 is 2.57 bits per heavy atom. The van der Waals surface area contributed by atoms with Crippen LogP contribution in [0.15, 0.2) is 56.6 Å². The van der Waals surface area contributed by atoms with Gasteiger partial charge in [0.15, 0.2) is 5.76 Å². The summed E-state index contributed by atoms with van der Waals surface area (Å²) >= 11 is 3.24. The van der Waals surface area contributed by atoms with Crippen molar-refractivity contribution in [3.8, 4) is 0 Å². The first-order valence-corrected chi connectivity index (χ1v) is 10.8. The van der Waals surface area contributed by atoms with Gasteiger partial charge in [-0.05, 0) is 38.0 Å². The number of carbonyl (C=O) groups excluding carboxylic acids is 1. The largest absolute Gasteiger partial charge is 0.451 e. The summed E-state index contributed by atoms with van der Waals surface area (Å²) in [5.41, 5.74) is 5.52. The van der Waals surface area contributed by atoms with E-state index >= 15 is 0 Å². The van der Waals surface area contributed by atoms with Crippen LogP contribution in [0.4, 0.5) is 5.69 Å². The number of nitrogens with one attached hydrogen (secondary N) is 1. The minimum absolute atomic E-state index is 0.223. The summed E-state index contributed by atoms with van der Waals surface area (Å²) in [6.45, 7) is 5.96. The van der Waals surface area contributed by atoms with Crippen LogP contribution in [-0.2, 0) is 5.75 Å². The number of benzene rings is 2. The number of fused-ring (bicyclic) bond motifs is 1. The van der Waals surface area contributed by atoms with Crippen LogP contribution < -0.4 is 5.32 Å². The zero-order chi connectivity index (χ0) is 19.7. The number of nitrogens with zero attached hydrogens (tertiary/aromatic N) is 1. The van der Waals surface area contributed by atoms with Crippen LogP contribution in [0.25, 0.3) is 11.0 Å². The molecule has 4 nitrogen and oxygen atoms in total. The summed E-state index contributed by atoms with van der Waals surface area (Å²) < 4.78 is 6.95. The van der Waals surface area contributed by atoms with Crippen LogP contribution in [0.5, 0.6) is 0 Å². The van der Waals surface area contributed by atoms with Gasteiger partial charge >= 0.3 is 0 Å². The lowest BCUT2D eigenvalue weighted by molar-refractivity contribution is 0.0997. The van der Waals surface area contributed by atoms with Crippen LogP contribution in [-0.4, -0.2) is 10.9 Å². The van der Waals surface area contributed by atoms with Crippen molar-refractivity contribution in [3.05, 3.63) is 76.0 Å². The Balaban J connectivity index is 1.68. The molecule has 0 spiro atoms. The third-order valence-electron chi connectivity index (χ3n) is 4.56. The number of para-hydroxylation sites is 2. The van der Waals surface area contributed by atoms with Crippen molar-refractivity contribution in [1.82, 2.24) is 4.98 Å². The van der Waals surface area contributed by atoms with E-state index in [4.69, 9.17) is 4.42 Å². The molecule has 2 aromatic heterocycles. The molecule has 0 radical (unpaired) electrons. The van der Waals surface area contributed by atoms with Gasteiger partial charge in [0.2, 0.25) is 0 Å². The summed E-state index contributed by atoms with van der Waals surface area (Å²) in [6, 6.07) is 13.7. The summed E-state index contributed by atoms with van der Waals surface area (Å²) in [7, 11) is 0. The normalized spacial score (nSPS) is 11.1. The molecular weight excluding hydrogens is 388 g/mol. The van der Waals surface area contributed by atoms with E-state index in [2.05, 4.69) is 10.3 Å². The summed E-state index contributed by atoms with van der Waals surface area (Å²) in [5.74, 6) is 0.767. The zero-order valence-electron chi connectivity index (χ0n) is 15.9. The molecule has 0 saturated carbocycles. The number of thioether (sulfide) groups is 1. The van der Waals surface area contributed by atoms with Crippen molar-refractivity contribution in [3.63, 3.8) is 0 Å². The maximum absolute atomic E-state index is 13.1. The fourth-order valence-electron chi connectivity index (χ4n) is 3.14. The van der Waals surface area contributed by atoms with Gasteiger partial charge in [-0.15, -0.1) is 11.3 Å². The second-order valence-electron chi connectivity index (χ2n) is 6.67. The molecule has 2 heterocycles. The maximum Gasteiger partial charge on any atom is 0.291 e. The molecular formula is C22H20N2O2S2. The highest BCUT2D eigenvalue weighted by Crippen LogP contribution is 2.34. The quantitative estimate of drug-likeness (QED) is 0.390. The summed E-state index contributed by atoms with van der Waals surface area (Å²) in [6.07, 6.45) is 0. The van der Waals surface area contributed by atoms with Gasteiger partial charge in [0.05, 0.1) is 0 Å². The van der Waals surface area contributed by atoms with Gasteiger partial charge in [-0.2, -0.15) is 0 Å². The van der Waals surface area contributed by atoms with Gasteiger partial charge in [0, 0.05) is 33.5 Å². The number of hydrogen-bond donors (Lipinski definition) is 1. The number of furan rings is 1. The van der Waals surface area contributed by atoms with E-state index in [-0.39, 0.29) is 5.91 Å². The van der Waals surface area contributed by atoms with Gasteiger partial charge in [0.25, 0.3) is 5.91 Å². The molecule has 4 rings (SSSR count). The molecule has 0 aliphatic heterocycles. The Morgan fingerprint density at radius 2 is 1.86 bits per heavy atom. The minimum Gasteiger partial charge on any atom is -0.451 e. The smallest absolute Gasteiger partial charge is 0.291 e. The predicted molar refractivity (Wildman–Crippen MR) is 116 cm³/mol. The summed E-state index contributed by atoms with van der Waals surface area (Å²) in [4.78, 5) is 17.6. The van der Waals surface area contributed by atoms with Crippen LogP contribution in [0.1, 0.15) is 32.9 Å². The van der Waals surface area contributed by atoms with Crippen molar-refractivity contribution in [2.75, 3.05) is 5.32 Å². The van der Waals surface area contributed by atoms with E-state index in [9.17, 15) is 4.79 Å². The fourth-order valence-corrected chi connectivity index (χ4v) is 5.02. The van der Waals surface area contributed by atoms with Gasteiger partial charge in [-0.1, -0.05) is 48.2 Å². The molecule has 2 aromatic carbocycles. The lowest BCUT2D eigenvalue weighted by Gasteiger charge is -2.11. The number of amides is 1. The number of aryl methyl sites for hydroxylation is 3. The first-order chi connectivity index (χ1) is 13.5. The van der Waals surface area contributed by atoms with E-state index in [1.807, 2.05) is 68.6 Å². The SMILES string of the molecule is Cc1csc(SCc2c(C(=O)Nc3c(C)cccc3C)oc3ccccc23)n1. The van der Waals surface area contributed by atoms with E-state index in [0.717, 1.165) is 43.4 Å². The molecule has 6 heteroatoms. The zero-order valence-corrected chi connectivity index (χ0v) is 17.5. The van der Waals surface area contributed by atoms with Gasteiger partial charge in [0.1, 0.15) is 9.92 Å². The van der Waals surface area contributed by atoms with Crippen LogP contribution in [0.2, 0.25) is 0 Å². The highest BCUT2D eigenvalue weighted by atomic mass is 32.2. The number of hydrogen-bond acceptors (Lipinski definition) is 5. The molecule has 0 atom stereocenters. The van der Waals surface area contributed by atoms with Crippen molar-refractivity contribution in [1.29, 1.82) is 0 Å². The fraction of sp³-hybridized carbons (Fsp3) is 0.182. The average molecular weight is 409 g/mol. The molecule has 0 aliphatic rings. The van der Waals surface area contributed by atoms with E-state index in [1.165, 1.54) is 0 Å². The molecule has 1 N–H and O–H groups in total. The minimum atomic E-state index is -0.223. The number of anilines is 1. The first-order valence-electron chi connectivity index (χ1n) is 8.96. The number of aromatic nitrogens is 1. The Kier molecular flexibility index (Phi) is 5.24. The third kappa shape index (κ3) is 3.70. The van der Waals surface area contributed by atoms with Gasteiger partial charge in [-0.25, -0.2) is 4.98 Å². The Labute approximate surface area is 172 Å². The van der Waals surface area contributed by atoms with Gasteiger partial charge in [-0.3, -0.25) is 4.79 Å². The highest BCUT2D eigenvalue weighted by molar-refractivity contribution is 8.00. The monoisotopic (exact) mass is 408 g/mol. The van der Waals surface area contributed by atoms with E-state index in [1.54, 1.807) is 23.1 Å². The molecule has 28 heavy (non-hydrogen) atoms.